The van der Waals surface area contributed by atoms with Crippen molar-refractivity contribution in [3.05, 3.63) is 104 Å². The van der Waals surface area contributed by atoms with Crippen LogP contribution in [0.15, 0.2) is 98.1 Å². The fraction of sp³-hybridized carbons (Fsp3) is 0.429. The van der Waals surface area contributed by atoms with Gasteiger partial charge in [-0.15, -0.1) is 13.2 Å². The fourth-order valence-corrected chi connectivity index (χ4v) is 8.47. The number of allylic oxidation sites excluding steroid dienone is 1. The van der Waals surface area contributed by atoms with Crippen molar-refractivity contribution in [2.24, 2.45) is 17.8 Å². The number of esters is 1. The highest BCUT2D eigenvalue weighted by atomic mass is 16.5. The molecule has 3 aliphatic rings. The monoisotopic (exact) mass is 707 g/mol. The van der Waals surface area contributed by atoms with Crippen molar-refractivity contribution in [3.8, 4) is 0 Å². The number of carbonyl (C=O) groups excluding carboxylic acids is 4. The summed E-state index contributed by atoms with van der Waals surface area (Å²) in [6, 6.07) is 20.5. The van der Waals surface area contributed by atoms with Crippen molar-refractivity contribution in [2.45, 2.75) is 75.8 Å². The second-order valence-corrected chi connectivity index (χ2v) is 14.5. The van der Waals surface area contributed by atoms with E-state index in [1.54, 1.807) is 17.1 Å². The zero-order valence-corrected chi connectivity index (χ0v) is 30.0. The van der Waals surface area contributed by atoms with Crippen LogP contribution in [0.4, 0.5) is 5.69 Å². The number of nitrogens with zero attached hydrogens (tertiary/aromatic N) is 2. The molecule has 10 heteroatoms. The summed E-state index contributed by atoms with van der Waals surface area (Å²) >= 11 is 0. The fourth-order valence-electron chi connectivity index (χ4n) is 8.47. The van der Waals surface area contributed by atoms with E-state index < -0.39 is 53.5 Å². The summed E-state index contributed by atoms with van der Waals surface area (Å²) in [5, 5.41) is 15.8. The highest BCUT2D eigenvalue weighted by Gasteiger charge is 2.75. The van der Waals surface area contributed by atoms with Crippen LogP contribution >= 0.6 is 0 Å². The van der Waals surface area contributed by atoms with Crippen LogP contribution in [-0.4, -0.2) is 77.2 Å². The van der Waals surface area contributed by atoms with E-state index in [9.17, 15) is 19.5 Å². The lowest BCUT2D eigenvalue weighted by molar-refractivity contribution is -0.146. The lowest BCUT2D eigenvalue weighted by Gasteiger charge is -2.39. The maximum absolute atomic E-state index is 15.1. The number of benzene rings is 3. The smallest absolute Gasteiger partial charge is 0.306 e. The molecule has 3 heterocycles. The molecule has 3 aromatic carbocycles. The van der Waals surface area contributed by atoms with E-state index in [0.29, 0.717) is 31.4 Å². The van der Waals surface area contributed by atoms with E-state index in [1.807, 2.05) is 86.6 Å². The van der Waals surface area contributed by atoms with Gasteiger partial charge in [-0.25, -0.2) is 0 Å². The molecule has 2 N–H and O–H groups in total. The van der Waals surface area contributed by atoms with Gasteiger partial charge in [0.15, 0.2) is 0 Å². The van der Waals surface area contributed by atoms with Gasteiger partial charge in [0.25, 0.3) is 5.91 Å². The Bertz CT molecular complexity index is 1810. The average molecular weight is 708 g/mol. The Kier molecular flexibility index (Phi) is 11.3. The Labute approximate surface area is 305 Å². The molecular formula is C42H49N3O7. The summed E-state index contributed by atoms with van der Waals surface area (Å²) in [5.74, 6) is -3.26. The molecule has 3 aromatic rings. The van der Waals surface area contributed by atoms with Crippen LogP contribution in [0.25, 0.3) is 10.8 Å². The molecule has 3 aliphatic heterocycles. The predicted octanol–water partition coefficient (Wildman–Crippen LogP) is 5.51. The lowest BCUT2D eigenvalue weighted by atomic mass is 9.70. The molecule has 7 atom stereocenters. The molecular weight excluding hydrogens is 658 g/mol. The summed E-state index contributed by atoms with van der Waals surface area (Å²) < 4.78 is 12.3. The van der Waals surface area contributed by atoms with Gasteiger partial charge in [-0.2, -0.15) is 0 Å². The highest BCUT2D eigenvalue weighted by molar-refractivity contribution is 6.06. The maximum atomic E-state index is 15.1. The van der Waals surface area contributed by atoms with Crippen LogP contribution in [0.5, 0.6) is 0 Å². The molecule has 0 aromatic heterocycles. The van der Waals surface area contributed by atoms with Crippen molar-refractivity contribution >= 4 is 40.2 Å². The van der Waals surface area contributed by atoms with Gasteiger partial charge in [0.2, 0.25) is 11.8 Å². The Morgan fingerprint density at radius 2 is 1.79 bits per heavy atom. The molecule has 1 spiro atoms. The average Bonchev–Trinajstić information content (AvgIpc) is 3.80. The molecule has 3 amide bonds. The summed E-state index contributed by atoms with van der Waals surface area (Å²) in [4.78, 5) is 59.9. The van der Waals surface area contributed by atoms with Crippen LogP contribution in [0, 0.1) is 17.8 Å². The number of anilines is 1. The first-order valence-corrected chi connectivity index (χ1v) is 18.3. The first-order valence-electron chi connectivity index (χ1n) is 18.3. The number of nitrogens with one attached hydrogen (secondary N) is 1. The molecule has 0 aliphatic carbocycles. The SMILES string of the molecule is C=CCCC(=O)OC[C@H](NC(=O)[C@@H]1[C@@H]2CC[C@]3(O2)[C@H](C(=O)N(CC=C)c2ccc4ccccc4c2)N([C@@H](CO)CC(C)C)C(=O)[C@@H]13)c1ccccc1. The normalized spacial score (nSPS) is 24.4. The first-order chi connectivity index (χ1) is 25.1. The minimum atomic E-state index is -1.28. The van der Waals surface area contributed by atoms with E-state index in [-0.39, 0.29) is 43.9 Å². The maximum Gasteiger partial charge on any atom is 0.306 e. The highest BCUT2D eigenvalue weighted by Crippen LogP contribution is 2.59. The van der Waals surface area contributed by atoms with Gasteiger partial charge in [-0.3, -0.25) is 19.2 Å². The summed E-state index contributed by atoms with van der Waals surface area (Å²) in [7, 11) is 0. The Balaban J connectivity index is 1.35. The van der Waals surface area contributed by atoms with Gasteiger partial charge in [0.1, 0.15) is 18.2 Å². The molecule has 6 rings (SSSR count). The quantitative estimate of drug-likeness (QED) is 0.149. The Hall–Kier alpha value is -4.80. The van der Waals surface area contributed by atoms with Crippen molar-refractivity contribution in [1.29, 1.82) is 0 Å². The third-order valence-electron chi connectivity index (χ3n) is 10.7. The zero-order chi connectivity index (χ0) is 37.0. The predicted molar refractivity (Wildman–Crippen MR) is 199 cm³/mol. The standard InChI is InChI=1S/C42H49N3O7/c1-5-7-17-35(47)51-26-33(29-14-9-8-10-15-29)43-39(48)36-34-20-21-42(52-34)37(36)40(49)45(32(25-46)23-27(3)4)38(42)41(50)44(22-6-2)31-19-18-28-13-11-12-16-30(28)24-31/h5-6,8-16,18-19,24,27,32-34,36-38,46H,1-2,7,17,20-23,25-26H2,3-4H3,(H,43,48)/t32-,33+,34+,36-,37-,38+,42-/m1/s1. The van der Waals surface area contributed by atoms with Crippen LogP contribution in [0.1, 0.15) is 57.6 Å². The first kappa shape index (κ1) is 37.0. The number of aliphatic hydroxyl groups is 1. The molecule has 0 unspecified atom stereocenters. The zero-order valence-electron chi connectivity index (χ0n) is 30.0. The molecule has 274 valence electrons. The van der Waals surface area contributed by atoms with Gasteiger partial charge in [-0.1, -0.05) is 86.7 Å². The number of likely N-dealkylation sites (tertiary alicyclic amines) is 1. The topological polar surface area (TPSA) is 125 Å². The molecule has 3 fully saturated rings. The second kappa shape index (κ2) is 15.8. The number of hydrogen-bond acceptors (Lipinski definition) is 7. The van der Waals surface area contributed by atoms with Crippen LogP contribution in [0.2, 0.25) is 0 Å². The van der Waals surface area contributed by atoms with E-state index >= 15 is 4.79 Å². The third-order valence-corrected chi connectivity index (χ3v) is 10.7. The summed E-state index contributed by atoms with van der Waals surface area (Å²) in [5.41, 5.74) is 0.114. The van der Waals surface area contributed by atoms with Gasteiger partial charge >= 0.3 is 5.97 Å². The van der Waals surface area contributed by atoms with Crippen molar-refractivity contribution in [2.75, 3.05) is 24.7 Å². The molecule has 0 saturated carbocycles. The third kappa shape index (κ3) is 7.01. The van der Waals surface area contributed by atoms with Crippen LogP contribution < -0.4 is 10.2 Å². The van der Waals surface area contributed by atoms with Crippen molar-refractivity contribution in [1.82, 2.24) is 10.2 Å². The summed E-state index contributed by atoms with van der Waals surface area (Å²) in [6.45, 7) is 11.3. The van der Waals surface area contributed by atoms with E-state index in [1.165, 1.54) is 4.90 Å². The van der Waals surface area contributed by atoms with Crippen molar-refractivity contribution in [3.63, 3.8) is 0 Å². The number of fused-ring (bicyclic) bond motifs is 2. The molecule has 3 saturated heterocycles. The minimum Gasteiger partial charge on any atom is -0.463 e. The molecule has 2 bridgehead atoms. The number of hydrogen-bond donors (Lipinski definition) is 2. The van der Waals surface area contributed by atoms with E-state index in [4.69, 9.17) is 9.47 Å². The van der Waals surface area contributed by atoms with Crippen LogP contribution in [-0.2, 0) is 28.7 Å². The van der Waals surface area contributed by atoms with Gasteiger partial charge in [0.05, 0.1) is 36.6 Å². The van der Waals surface area contributed by atoms with Gasteiger partial charge in [-0.05, 0) is 60.1 Å². The minimum absolute atomic E-state index is 0.0930. The van der Waals surface area contributed by atoms with Gasteiger partial charge < -0.3 is 29.7 Å². The van der Waals surface area contributed by atoms with E-state index in [0.717, 1.165) is 16.3 Å². The number of ether oxygens (including phenoxy) is 2. The van der Waals surface area contributed by atoms with Gasteiger partial charge in [0, 0.05) is 18.7 Å². The second-order valence-electron chi connectivity index (χ2n) is 14.5. The largest absolute Gasteiger partial charge is 0.463 e. The molecule has 0 radical (unpaired) electrons. The Morgan fingerprint density at radius 3 is 2.48 bits per heavy atom. The number of carbonyl (C=O) groups is 4. The molecule has 10 nitrogen and oxygen atoms in total. The summed E-state index contributed by atoms with van der Waals surface area (Å²) in [6.07, 6.45) is 4.70. The molecule has 52 heavy (non-hydrogen) atoms. The lowest BCUT2D eigenvalue weighted by Crippen LogP contribution is -2.59. The Morgan fingerprint density at radius 1 is 1.06 bits per heavy atom. The van der Waals surface area contributed by atoms with E-state index in [2.05, 4.69) is 18.5 Å². The van der Waals surface area contributed by atoms with Crippen molar-refractivity contribution < 1.29 is 33.8 Å². The number of amides is 3. The number of rotatable bonds is 16. The number of aliphatic hydroxyl groups excluding tert-OH is 1. The van der Waals surface area contributed by atoms with Crippen LogP contribution in [0.3, 0.4) is 0 Å².